The molecule has 9 heteroatoms. The molecule has 2 aromatic rings. The molecule has 0 aliphatic carbocycles. The molecule has 2 aromatic carbocycles. The van der Waals surface area contributed by atoms with Crippen molar-refractivity contribution < 1.29 is 18.0 Å². The number of amides is 2. The van der Waals surface area contributed by atoms with Crippen LogP contribution in [0.5, 0.6) is 0 Å². The van der Waals surface area contributed by atoms with E-state index in [0.717, 1.165) is 11.1 Å². The quantitative estimate of drug-likeness (QED) is 0.619. The summed E-state index contributed by atoms with van der Waals surface area (Å²) >= 11 is 6.05. The minimum absolute atomic E-state index is 0.0298. The SMILES string of the molecule is Cc1cccc(NC(=O)CNC(=O)c2cc(S(=O)(=O)NC(C)C)ccc2Cl)c1C. The summed E-state index contributed by atoms with van der Waals surface area (Å²) in [6.45, 7) is 6.92. The highest BCUT2D eigenvalue weighted by Gasteiger charge is 2.20. The monoisotopic (exact) mass is 437 g/mol. The molecule has 29 heavy (non-hydrogen) atoms. The van der Waals surface area contributed by atoms with E-state index >= 15 is 0 Å². The fourth-order valence-electron chi connectivity index (χ4n) is 2.56. The number of carbonyl (C=O) groups excluding carboxylic acids is 2. The number of hydrogen-bond acceptors (Lipinski definition) is 4. The van der Waals surface area contributed by atoms with Crippen molar-refractivity contribution in [2.24, 2.45) is 0 Å². The molecule has 7 nitrogen and oxygen atoms in total. The summed E-state index contributed by atoms with van der Waals surface area (Å²) in [7, 11) is -3.78. The predicted molar refractivity (Wildman–Crippen MR) is 114 cm³/mol. The van der Waals surface area contributed by atoms with E-state index in [4.69, 9.17) is 11.6 Å². The molecule has 0 atom stereocenters. The number of aryl methyl sites for hydroxylation is 1. The number of halogens is 1. The Hall–Kier alpha value is -2.42. The van der Waals surface area contributed by atoms with Crippen molar-refractivity contribution in [3.05, 3.63) is 58.1 Å². The number of anilines is 1. The molecule has 0 spiro atoms. The van der Waals surface area contributed by atoms with Crippen LogP contribution >= 0.6 is 11.6 Å². The minimum atomic E-state index is -3.78. The molecule has 0 saturated heterocycles. The summed E-state index contributed by atoms with van der Waals surface area (Å²) in [4.78, 5) is 24.6. The number of nitrogens with one attached hydrogen (secondary N) is 3. The summed E-state index contributed by atoms with van der Waals surface area (Å²) in [5.74, 6) is -1.05. The average molecular weight is 438 g/mol. The lowest BCUT2D eigenvalue weighted by Gasteiger charge is -2.13. The molecule has 0 unspecified atom stereocenters. The van der Waals surface area contributed by atoms with Gasteiger partial charge in [-0.2, -0.15) is 0 Å². The van der Waals surface area contributed by atoms with Crippen LogP contribution in [0.25, 0.3) is 0 Å². The van der Waals surface area contributed by atoms with Gasteiger partial charge in [-0.1, -0.05) is 23.7 Å². The third-order valence-electron chi connectivity index (χ3n) is 4.17. The normalized spacial score (nSPS) is 11.4. The smallest absolute Gasteiger partial charge is 0.253 e. The van der Waals surface area contributed by atoms with Gasteiger partial charge in [0.25, 0.3) is 5.91 Å². The average Bonchev–Trinajstić information content (AvgIpc) is 2.62. The van der Waals surface area contributed by atoms with Gasteiger partial charge in [-0.15, -0.1) is 0 Å². The van der Waals surface area contributed by atoms with E-state index in [9.17, 15) is 18.0 Å². The molecule has 0 aliphatic heterocycles. The van der Waals surface area contributed by atoms with Crippen LogP contribution in [0.3, 0.4) is 0 Å². The highest BCUT2D eigenvalue weighted by atomic mass is 35.5. The molecule has 0 heterocycles. The number of sulfonamides is 1. The second-order valence-corrected chi connectivity index (χ2v) is 9.02. The van der Waals surface area contributed by atoms with E-state index in [0.29, 0.717) is 5.69 Å². The van der Waals surface area contributed by atoms with Gasteiger partial charge in [-0.25, -0.2) is 13.1 Å². The van der Waals surface area contributed by atoms with Crippen LogP contribution < -0.4 is 15.4 Å². The zero-order chi connectivity index (χ0) is 21.8. The van der Waals surface area contributed by atoms with Gasteiger partial charge in [0, 0.05) is 11.7 Å². The lowest BCUT2D eigenvalue weighted by atomic mass is 10.1. The molecule has 0 aromatic heterocycles. The van der Waals surface area contributed by atoms with Crippen LogP contribution in [0.4, 0.5) is 5.69 Å². The summed E-state index contributed by atoms with van der Waals surface area (Å²) in [6.07, 6.45) is 0. The van der Waals surface area contributed by atoms with Crippen molar-refractivity contribution >= 4 is 39.1 Å². The van der Waals surface area contributed by atoms with Crippen LogP contribution in [0.15, 0.2) is 41.3 Å². The molecule has 0 bridgehead atoms. The topological polar surface area (TPSA) is 104 Å². The van der Waals surface area contributed by atoms with Crippen molar-refractivity contribution in [3.8, 4) is 0 Å². The fraction of sp³-hybridized carbons (Fsp3) is 0.300. The van der Waals surface area contributed by atoms with E-state index in [1.54, 1.807) is 19.9 Å². The lowest BCUT2D eigenvalue weighted by molar-refractivity contribution is -0.115. The largest absolute Gasteiger partial charge is 0.343 e. The third-order valence-corrected chi connectivity index (χ3v) is 6.16. The van der Waals surface area contributed by atoms with Crippen molar-refractivity contribution in [3.63, 3.8) is 0 Å². The molecule has 0 saturated carbocycles. The molecular weight excluding hydrogens is 414 g/mol. The van der Waals surface area contributed by atoms with E-state index in [1.165, 1.54) is 18.2 Å². The molecule has 3 N–H and O–H groups in total. The number of rotatable bonds is 7. The van der Waals surface area contributed by atoms with Crippen LogP contribution in [-0.4, -0.2) is 32.8 Å². The first-order chi connectivity index (χ1) is 13.5. The number of carbonyl (C=O) groups is 2. The first-order valence-corrected chi connectivity index (χ1v) is 10.8. The van der Waals surface area contributed by atoms with Gasteiger partial charge in [-0.05, 0) is 63.1 Å². The second-order valence-electron chi connectivity index (χ2n) is 6.90. The fourth-order valence-corrected chi connectivity index (χ4v) is 4.04. The van der Waals surface area contributed by atoms with Crippen molar-refractivity contribution in [2.45, 2.75) is 38.6 Å². The first-order valence-electron chi connectivity index (χ1n) is 8.97. The summed E-state index contributed by atoms with van der Waals surface area (Å²) in [5.41, 5.74) is 2.60. The van der Waals surface area contributed by atoms with Gasteiger partial charge in [-0.3, -0.25) is 9.59 Å². The summed E-state index contributed by atoms with van der Waals surface area (Å²) < 4.78 is 27.1. The van der Waals surface area contributed by atoms with Crippen molar-refractivity contribution in [2.75, 3.05) is 11.9 Å². The zero-order valence-corrected chi connectivity index (χ0v) is 18.2. The van der Waals surface area contributed by atoms with E-state index < -0.39 is 21.8 Å². The number of hydrogen-bond donors (Lipinski definition) is 3. The highest BCUT2D eigenvalue weighted by Crippen LogP contribution is 2.21. The molecular formula is C20H24ClN3O4S. The summed E-state index contributed by atoms with van der Waals surface area (Å²) in [6, 6.07) is 9.07. The standard InChI is InChI=1S/C20H24ClN3O4S/c1-12(2)24-29(27,28)15-8-9-17(21)16(10-15)20(26)22-11-19(25)23-18-7-5-6-13(3)14(18)4/h5-10,12,24H,11H2,1-4H3,(H,22,26)(H,23,25). The van der Waals surface area contributed by atoms with Gasteiger partial charge in [0.05, 0.1) is 22.0 Å². The maximum atomic E-state index is 12.5. The van der Waals surface area contributed by atoms with Crippen LogP contribution in [0.1, 0.15) is 35.3 Å². The van der Waals surface area contributed by atoms with Gasteiger partial charge < -0.3 is 10.6 Å². The Morgan fingerprint density at radius 3 is 2.45 bits per heavy atom. The zero-order valence-electron chi connectivity index (χ0n) is 16.7. The van der Waals surface area contributed by atoms with Crippen LogP contribution in [0, 0.1) is 13.8 Å². The third kappa shape index (κ3) is 6.03. The van der Waals surface area contributed by atoms with Crippen LogP contribution in [-0.2, 0) is 14.8 Å². The number of benzene rings is 2. The van der Waals surface area contributed by atoms with Gasteiger partial charge in [0.15, 0.2) is 0 Å². The minimum Gasteiger partial charge on any atom is -0.343 e. The predicted octanol–water partition coefficient (Wildman–Crippen LogP) is 3.01. The molecule has 0 aliphatic rings. The Bertz CT molecular complexity index is 1040. The van der Waals surface area contributed by atoms with Gasteiger partial charge >= 0.3 is 0 Å². The maximum Gasteiger partial charge on any atom is 0.253 e. The molecule has 2 rings (SSSR count). The summed E-state index contributed by atoms with van der Waals surface area (Å²) in [5, 5.41) is 5.28. The first kappa shape index (κ1) is 22.9. The second kappa shape index (κ2) is 9.39. The van der Waals surface area contributed by atoms with Crippen molar-refractivity contribution in [1.82, 2.24) is 10.0 Å². The Kier molecular flexibility index (Phi) is 7.40. The Morgan fingerprint density at radius 1 is 1.10 bits per heavy atom. The molecule has 156 valence electrons. The Labute approximate surface area is 175 Å². The maximum absolute atomic E-state index is 12.5. The molecule has 0 radical (unpaired) electrons. The van der Waals surface area contributed by atoms with Gasteiger partial charge in [0.1, 0.15) is 0 Å². The van der Waals surface area contributed by atoms with Crippen molar-refractivity contribution in [1.29, 1.82) is 0 Å². The van der Waals surface area contributed by atoms with Crippen LogP contribution in [0.2, 0.25) is 5.02 Å². The highest BCUT2D eigenvalue weighted by molar-refractivity contribution is 7.89. The van der Waals surface area contributed by atoms with Gasteiger partial charge in [0.2, 0.25) is 15.9 Å². The van der Waals surface area contributed by atoms with E-state index in [-0.39, 0.29) is 28.1 Å². The Balaban J connectivity index is 2.09. The molecule has 0 fully saturated rings. The lowest BCUT2D eigenvalue weighted by Crippen LogP contribution is -2.33. The van der Waals surface area contributed by atoms with E-state index in [1.807, 2.05) is 26.0 Å². The Morgan fingerprint density at radius 2 is 1.79 bits per heavy atom. The van der Waals surface area contributed by atoms with E-state index in [2.05, 4.69) is 15.4 Å². The molecule has 2 amide bonds.